The summed E-state index contributed by atoms with van der Waals surface area (Å²) in [4.78, 5) is 23.0. The second-order valence-corrected chi connectivity index (χ2v) is 6.29. The van der Waals surface area contributed by atoms with Crippen LogP contribution in [0.2, 0.25) is 0 Å². The maximum atomic E-state index is 12.0. The number of Topliss-reactive ketones (excluding diaryl/α,β-unsaturated/α-hetero) is 1. The SMILES string of the molecule is CC(=O)CCC(=O)O[C@H]1[C@@H](OCc2ccccc2)O[C@H]2[C@@H]1OC[C@H]2O. The van der Waals surface area contributed by atoms with Gasteiger partial charge in [0.15, 0.2) is 12.4 Å². The topological polar surface area (TPSA) is 91.3 Å². The van der Waals surface area contributed by atoms with Crippen molar-refractivity contribution in [3.05, 3.63) is 35.9 Å². The number of benzene rings is 1. The van der Waals surface area contributed by atoms with E-state index in [-0.39, 0.29) is 31.8 Å². The Hall–Kier alpha value is -1.80. The number of aliphatic hydroxyl groups excluding tert-OH is 1. The fourth-order valence-electron chi connectivity index (χ4n) is 2.95. The summed E-state index contributed by atoms with van der Waals surface area (Å²) in [6.07, 6.45) is -3.43. The van der Waals surface area contributed by atoms with Crippen LogP contribution in [0.4, 0.5) is 0 Å². The van der Waals surface area contributed by atoms with E-state index in [0.29, 0.717) is 0 Å². The van der Waals surface area contributed by atoms with Gasteiger partial charge in [-0.1, -0.05) is 30.3 Å². The average Bonchev–Trinajstić information content (AvgIpc) is 3.12. The first kappa shape index (κ1) is 18.0. The van der Waals surface area contributed by atoms with Gasteiger partial charge in [-0.25, -0.2) is 0 Å². The molecular weight excluding hydrogens is 328 g/mol. The van der Waals surface area contributed by atoms with Crippen LogP contribution in [0.1, 0.15) is 25.3 Å². The highest BCUT2D eigenvalue weighted by Crippen LogP contribution is 2.34. The number of carbonyl (C=O) groups is 2. The van der Waals surface area contributed by atoms with E-state index in [1.165, 1.54) is 6.92 Å². The van der Waals surface area contributed by atoms with Crippen molar-refractivity contribution in [3.63, 3.8) is 0 Å². The maximum absolute atomic E-state index is 12.0. The van der Waals surface area contributed by atoms with E-state index in [2.05, 4.69) is 0 Å². The predicted molar refractivity (Wildman–Crippen MR) is 85.4 cm³/mol. The summed E-state index contributed by atoms with van der Waals surface area (Å²) in [5, 5.41) is 9.94. The zero-order chi connectivity index (χ0) is 17.8. The normalized spacial score (nSPS) is 30.9. The molecule has 2 aliphatic heterocycles. The summed E-state index contributed by atoms with van der Waals surface area (Å²) >= 11 is 0. The molecule has 1 aromatic carbocycles. The molecule has 1 N–H and O–H groups in total. The molecule has 0 bridgehead atoms. The third-order valence-electron chi connectivity index (χ3n) is 4.25. The Morgan fingerprint density at radius 2 is 1.96 bits per heavy atom. The second-order valence-electron chi connectivity index (χ2n) is 6.29. The molecule has 0 saturated carbocycles. The average molecular weight is 350 g/mol. The molecule has 0 aliphatic carbocycles. The molecule has 7 nitrogen and oxygen atoms in total. The summed E-state index contributed by atoms with van der Waals surface area (Å²) in [7, 11) is 0. The highest BCUT2D eigenvalue weighted by atomic mass is 16.7. The number of ketones is 1. The zero-order valence-electron chi connectivity index (χ0n) is 14.0. The Bertz CT molecular complexity index is 603. The van der Waals surface area contributed by atoms with Crippen molar-refractivity contribution >= 4 is 11.8 Å². The minimum atomic E-state index is -0.827. The van der Waals surface area contributed by atoms with Gasteiger partial charge in [-0.2, -0.15) is 0 Å². The van der Waals surface area contributed by atoms with Gasteiger partial charge < -0.3 is 28.8 Å². The highest BCUT2D eigenvalue weighted by Gasteiger charge is 2.54. The van der Waals surface area contributed by atoms with Crippen LogP contribution in [-0.2, 0) is 35.1 Å². The first-order chi connectivity index (χ1) is 12.0. The van der Waals surface area contributed by atoms with Gasteiger partial charge in [-0.15, -0.1) is 0 Å². The first-order valence-corrected chi connectivity index (χ1v) is 8.34. The maximum Gasteiger partial charge on any atom is 0.306 e. The van der Waals surface area contributed by atoms with Crippen molar-refractivity contribution in [1.29, 1.82) is 0 Å². The van der Waals surface area contributed by atoms with Crippen molar-refractivity contribution < 1.29 is 33.6 Å². The summed E-state index contributed by atoms with van der Waals surface area (Å²) in [6.45, 7) is 1.83. The van der Waals surface area contributed by atoms with Crippen molar-refractivity contribution in [2.75, 3.05) is 6.61 Å². The molecule has 136 valence electrons. The Balaban J connectivity index is 1.62. The second kappa shape index (κ2) is 8.05. The fraction of sp³-hybridized carbons (Fsp3) is 0.556. The van der Waals surface area contributed by atoms with E-state index in [0.717, 1.165) is 5.56 Å². The summed E-state index contributed by atoms with van der Waals surface area (Å²) in [5.74, 6) is -0.593. The number of hydrogen-bond acceptors (Lipinski definition) is 7. The Labute approximate surface area is 145 Å². The lowest BCUT2D eigenvalue weighted by Gasteiger charge is -2.22. The van der Waals surface area contributed by atoms with Gasteiger partial charge in [0.25, 0.3) is 0 Å². The van der Waals surface area contributed by atoms with E-state index in [1.807, 2.05) is 30.3 Å². The quantitative estimate of drug-likeness (QED) is 0.733. The van der Waals surface area contributed by atoms with Crippen LogP contribution < -0.4 is 0 Å². The molecule has 2 aliphatic rings. The van der Waals surface area contributed by atoms with Crippen molar-refractivity contribution in [1.82, 2.24) is 0 Å². The molecule has 0 spiro atoms. The van der Waals surface area contributed by atoms with Crippen LogP contribution in [0.25, 0.3) is 0 Å². The molecule has 0 aromatic heterocycles. The summed E-state index contributed by atoms with van der Waals surface area (Å²) in [6, 6.07) is 9.53. The van der Waals surface area contributed by atoms with E-state index >= 15 is 0 Å². The van der Waals surface area contributed by atoms with Crippen LogP contribution in [0.5, 0.6) is 0 Å². The third kappa shape index (κ3) is 4.43. The Morgan fingerprint density at radius 1 is 1.20 bits per heavy atom. The molecule has 2 heterocycles. The van der Waals surface area contributed by atoms with Gasteiger partial charge in [-0.3, -0.25) is 4.79 Å². The minimum Gasteiger partial charge on any atom is -0.454 e. The molecule has 0 amide bonds. The van der Waals surface area contributed by atoms with E-state index < -0.39 is 36.7 Å². The van der Waals surface area contributed by atoms with Gasteiger partial charge in [0.05, 0.1) is 19.6 Å². The minimum absolute atomic E-state index is 0.00280. The van der Waals surface area contributed by atoms with E-state index in [9.17, 15) is 14.7 Å². The van der Waals surface area contributed by atoms with E-state index in [4.69, 9.17) is 18.9 Å². The number of hydrogen-bond donors (Lipinski definition) is 1. The van der Waals surface area contributed by atoms with Crippen molar-refractivity contribution in [2.45, 2.75) is 57.1 Å². The molecule has 1 aromatic rings. The van der Waals surface area contributed by atoms with Gasteiger partial charge in [0, 0.05) is 6.42 Å². The number of aliphatic hydroxyl groups is 1. The lowest BCUT2D eigenvalue weighted by molar-refractivity contribution is -0.202. The number of fused-ring (bicyclic) bond motifs is 1. The van der Waals surface area contributed by atoms with Crippen molar-refractivity contribution in [3.8, 4) is 0 Å². The Kier molecular flexibility index (Phi) is 5.80. The lowest BCUT2D eigenvalue weighted by atomic mass is 10.1. The van der Waals surface area contributed by atoms with Crippen LogP contribution in [0.3, 0.4) is 0 Å². The number of rotatable bonds is 7. The molecule has 3 rings (SSSR count). The molecule has 0 radical (unpaired) electrons. The van der Waals surface area contributed by atoms with Crippen molar-refractivity contribution in [2.24, 2.45) is 0 Å². The molecule has 5 atom stereocenters. The largest absolute Gasteiger partial charge is 0.454 e. The van der Waals surface area contributed by atoms with Crippen LogP contribution in [0, 0.1) is 0 Å². The number of carbonyl (C=O) groups excluding carboxylic acids is 2. The molecule has 25 heavy (non-hydrogen) atoms. The summed E-state index contributed by atoms with van der Waals surface area (Å²) < 4.78 is 22.4. The number of ether oxygens (including phenoxy) is 4. The monoisotopic (exact) mass is 350 g/mol. The van der Waals surface area contributed by atoms with Crippen LogP contribution in [0.15, 0.2) is 30.3 Å². The lowest BCUT2D eigenvalue weighted by Crippen LogP contribution is -2.38. The Morgan fingerprint density at radius 3 is 2.68 bits per heavy atom. The van der Waals surface area contributed by atoms with Gasteiger partial charge >= 0.3 is 5.97 Å². The zero-order valence-corrected chi connectivity index (χ0v) is 14.0. The van der Waals surface area contributed by atoms with Gasteiger partial charge in [0.1, 0.15) is 24.1 Å². The molecular formula is C18H22O7. The first-order valence-electron chi connectivity index (χ1n) is 8.34. The van der Waals surface area contributed by atoms with Gasteiger partial charge in [-0.05, 0) is 12.5 Å². The molecule has 0 unspecified atom stereocenters. The highest BCUT2D eigenvalue weighted by molar-refractivity contribution is 5.81. The predicted octanol–water partition coefficient (Wildman–Crippen LogP) is 0.969. The molecule has 2 fully saturated rings. The number of esters is 1. The van der Waals surface area contributed by atoms with Crippen LogP contribution in [-0.4, -0.2) is 54.2 Å². The fourth-order valence-corrected chi connectivity index (χ4v) is 2.95. The molecule has 2 saturated heterocycles. The van der Waals surface area contributed by atoms with Gasteiger partial charge in [0.2, 0.25) is 0 Å². The summed E-state index contributed by atoms with van der Waals surface area (Å²) in [5.41, 5.74) is 0.950. The van der Waals surface area contributed by atoms with Crippen LogP contribution >= 0.6 is 0 Å². The van der Waals surface area contributed by atoms with E-state index in [1.54, 1.807) is 0 Å². The smallest absolute Gasteiger partial charge is 0.306 e. The molecule has 7 heteroatoms. The standard InChI is InChI=1S/C18H22O7/c1-11(19)7-8-14(21)24-17-16-15(13(20)10-22-16)25-18(17)23-9-12-5-3-2-4-6-12/h2-6,13,15-18,20H,7-10H2,1H3/t13-,15-,16+,17-,18+/m1/s1. The third-order valence-corrected chi connectivity index (χ3v) is 4.25.